The maximum Gasteiger partial charge on any atom is 0.172 e. The molecule has 0 fully saturated rings. The average molecular weight is 165 g/mol. The Morgan fingerprint density at radius 2 is 2.25 bits per heavy atom. The zero-order valence-corrected chi connectivity index (χ0v) is 7.11. The molecule has 0 amide bonds. The Hall–Kier alpha value is -1.38. The Kier molecular flexibility index (Phi) is 2.43. The zero-order chi connectivity index (χ0) is 9.14. The van der Waals surface area contributed by atoms with Crippen LogP contribution < -0.4 is 0 Å². The summed E-state index contributed by atoms with van der Waals surface area (Å²) in [6.45, 7) is 3.99. The molecule has 0 atom stereocenters. The van der Waals surface area contributed by atoms with Crippen LogP contribution >= 0.6 is 0 Å². The van der Waals surface area contributed by atoms with Crippen molar-refractivity contribution in [1.82, 2.24) is 4.98 Å². The minimum Gasteiger partial charge on any atom is -0.506 e. The summed E-state index contributed by atoms with van der Waals surface area (Å²) in [6, 6.07) is 1.57. The third kappa shape index (κ3) is 1.61. The molecular formula is C9H11NO2. The van der Waals surface area contributed by atoms with E-state index in [-0.39, 0.29) is 11.4 Å². The Balaban J connectivity index is 3.10. The van der Waals surface area contributed by atoms with E-state index in [1.54, 1.807) is 12.3 Å². The Bertz CT molecular complexity index is 295. The summed E-state index contributed by atoms with van der Waals surface area (Å²) in [5.41, 5.74) is 1.03. The summed E-state index contributed by atoms with van der Waals surface area (Å²) < 4.78 is 0. The molecule has 0 aliphatic carbocycles. The van der Waals surface area contributed by atoms with Crippen molar-refractivity contribution < 1.29 is 9.90 Å². The largest absolute Gasteiger partial charge is 0.506 e. The first kappa shape index (κ1) is 8.71. The summed E-state index contributed by atoms with van der Waals surface area (Å²) in [6.07, 6.45) is 2.15. The number of pyridine rings is 1. The van der Waals surface area contributed by atoms with Gasteiger partial charge < -0.3 is 5.11 Å². The number of hydrogen-bond donors (Lipinski definition) is 1. The molecule has 0 unspecified atom stereocenters. The molecule has 0 aromatic carbocycles. The monoisotopic (exact) mass is 165 g/mol. The van der Waals surface area contributed by atoms with Crippen LogP contribution in [0.1, 0.15) is 35.8 Å². The van der Waals surface area contributed by atoms with E-state index >= 15 is 0 Å². The number of aldehydes is 1. The van der Waals surface area contributed by atoms with E-state index in [4.69, 9.17) is 0 Å². The average Bonchev–Trinajstić information content (AvgIpc) is 2.04. The normalized spacial score (nSPS) is 10.2. The van der Waals surface area contributed by atoms with Crippen LogP contribution in [0.2, 0.25) is 0 Å². The molecule has 1 aromatic rings. The van der Waals surface area contributed by atoms with Crippen LogP contribution in [0.15, 0.2) is 12.3 Å². The molecule has 1 rings (SSSR count). The van der Waals surface area contributed by atoms with Crippen LogP contribution in [0.25, 0.3) is 0 Å². The Labute approximate surface area is 71.1 Å². The number of aromatic hydroxyl groups is 1. The Morgan fingerprint density at radius 1 is 1.58 bits per heavy atom. The first-order valence-electron chi connectivity index (χ1n) is 3.79. The van der Waals surface area contributed by atoms with Gasteiger partial charge in [0.1, 0.15) is 11.4 Å². The van der Waals surface area contributed by atoms with E-state index in [9.17, 15) is 9.90 Å². The van der Waals surface area contributed by atoms with Crippen LogP contribution in [-0.4, -0.2) is 16.4 Å². The van der Waals surface area contributed by atoms with Crippen molar-refractivity contribution in [3.8, 4) is 5.75 Å². The summed E-state index contributed by atoms with van der Waals surface area (Å²) >= 11 is 0. The maximum atomic E-state index is 10.3. The molecule has 0 saturated carbocycles. The second kappa shape index (κ2) is 3.34. The molecule has 0 aliphatic heterocycles. The van der Waals surface area contributed by atoms with Crippen molar-refractivity contribution in [2.75, 3.05) is 0 Å². The van der Waals surface area contributed by atoms with Crippen molar-refractivity contribution in [2.24, 2.45) is 0 Å². The van der Waals surface area contributed by atoms with Crippen LogP contribution in [0.3, 0.4) is 0 Å². The third-order valence-corrected chi connectivity index (χ3v) is 1.70. The molecule has 0 saturated heterocycles. The second-order valence-electron chi connectivity index (χ2n) is 2.95. The van der Waals surface area contributed by atoms with Gasteiger partial charge in [-0.2, -0.15) is 0 Å². The van der Waals surface area contributed by atoms with Gasteiger partial charge in [0.15, 0.2) is 6.29 Å². The highest BCUT2D eigenvalue weighted by Gasteiger charge is 2.04. The van der Waals surface area contributed by atoms with Crippen molar-refractivity contribution in [3.05, 3.63) is 23.5 Å². The van der Waals surface area contributed by atoms with Gasteiger partial charge in [-0.1, -0.05) is 13.8 Å². The van der Waals surface area contributed by atoms with Crippen LogP contribution in [-0.2, 0) is 0 Å². The third-order valence-electron chi connectivity index (χ3n) is 1.70. The summed E-state index contributed by atoms with van der Waals surface area (Å²) in [7, 11) is 0. The van der Waals surface area contributed by atoms with Gasteiger partial charge in [-0.15, -0.1) is 0 Å². The lowest BCUT2D eigenvalue weighted by Crippen LogP contribution is -1.93. The fraction of sp³-hybridized carbons (Fsp3) is 0.333. The van der Waals surface area contributed by atoms with Crippen molar-refractivity contribution in [2.45, 2.75) is 19.8 Å². The molecular weight excluding hydrogens is 154 g/mol. The van der Waals surface area contributed by atoms with E-state index in [2.05, 4.69) is 4.98 Å². The summed E-state index contributed by atoms with van der Waals surface area (Å²) in [5, 5.41) is 9.25. The lowest BCUT2D eigenvalue weighted by atomic mass is 10.1. The highest BCUT2D eigenvalue weighted by Crippen LogP contribution is 2.19. The quantitative estimate of drug-likeness (QED) is 0.679. The number of carbonyl (C=O) groups is 1. The first-order chi connectivity index (χ1) is 5.65. The molecule has 3 heteroatoms. The number of carbonyl (C=O) groups excluding carboxylic acids is 1. The first-order valence-corrected chi connectivity index (χ1v) is 3.79. The molecule has 0 spiro atoms. The molecule has 64 valence electrons. The fourth-order valence-electron chi connectivity index (χ4n) is 0.886. The van der Waals surface area contributed by atoms with Gasteiger partial charge in [0.05, 0.1) is 0 Å². The number of nitrogens with zero attached hydrogens (tertiary/aromatic N) is 1. The molecule has 3 nitrogen and oxygen atoms in total. The lowest BCUT2D eigenvalue weighted by Gasteiger charge is -2.05. The summed E-state index contributed by atoms with van der Waals surface area (Å²) in [5.74, 6) is 0.264. The smallest absolute Gasteiger partial charge is 0.172 e. The molecule has 12 heavy (non-hydrogen) atoms. The minimum atomic E-state index is -0.0452. The van der Waals surface area contributed by atoms with Gasteiger partial charge in [0.25, 0.3) is 0 Å². The molecule has 0 radical (unpaired) electrons. The molecule has 0 bridgehead atoms. The standard InChI is InChI=1S/C9H11NO2/c1-6(2)7-3-9(12)8(5-11)10-4-7/h3-6,12H,1-2H3. The predicted molar refractivity (Wildman–Crippen MR) is 45.4 cm³/mol. The zero-order valence-electron chi connectivity index (χ0n) is 7.11. The van der Waals surface area contributed by atoms with E-state index in [0.717, 1.165) is 5.56 Å². The van der Waals surface area contributed by atoms with Crippen molar-refractivity contribution in [3.63, 3.8) is 0 Å². The molecule has 1 aromatic heterocycles. The number of rotatable bonds is 2. The summed E-state index contributed by atoms with van der Waals surface area (Å²) in [4.78, 5) is 14.1. The van der Waals surface area contributed by atoms with Gasteiger partial charge in [-0.05, 0) is 17.5 Å². The topological polar surface area (TPSA) is 50.2 Å². The number of hydrogen-bond acceptors (Lipinski definition) is 3. The maximum absolute atomic E-state index is 10.3. The van der Waals surface area contributed by atoms with Gasteiger partial charge in [-0.3, -0.25) is 4.79 Å². The van der Waals surface area contributed by atoms with Crippen molar-refractivity contribution >= 4 is 6.29 Å². The molecule has 1 N–H and O–H groups in total. The van der Waals surface area contributed by atoms with E-state index < -0.39 is 0 Å². The second-order valence-corrected chi connectivity index (χ2v) is 2.95. The molecule has 0 aliphatic rings. The highest BCUT2D eigenvalue weighted by atomic mass is 16.3. The Morgan fingerprint density at radius 3 is 2.67 bits per heavy atom. The van der Waals surface area contributed by atoms with E-state index in [1.165, 1.54) is 0 Å². The van der Waals surface area contributed by atoms with Gasteiger partial charge >= 0.3 is 0 Å². The van der Waals surface area contributed by atoms with E-state index in [1.807, 2.05) is 13.8 Å². The predicted octanol–water partition coefficient (Wildman–Crippen LogP) is 1.72. The minimum absolute atomic E-state index is 0.0452. The van der Waals surface area contributed by atoms with Crippen molar-refractivity contribution in [1.29, 1.82) is 0 Å². The highest BCUT2D eigenvalue weighted by molar-refractivity contribution is 5.75. The lowest BCUT2D eigenvalue weighted by molar-refractivity contribution is 0.111. The van der Waals surface area contributed by atoms with Gasteiger partial charge in [0, 0.05) is 6.20 Å². The van der Waals surface area contributed by atoms with Crippen LogP contribution in [0.4, 0.5) is 0 Å². The number of aromatic nitrogens is 1. The van der Waals surface area contributed by atoms with E-state index in [0.29, 0.717) is 12.2 Å². The van der Waals surface area contributed by atoms with Gasteiger partial charge in [-0.25, -0.2) is 4.98 Å². The molecule has 1 heterocycles. The fourth-order valence-corrected chi connectivity index (χ4v) is 0.886. The van der Waals surface area contributed by atoms with Gasteiger partial charge in [0.2, 0.25) is 0 Å². The SMILES string of the molecule is CC(C)c1cnc(C=O)c(O)c1. The van der Waals surface area contributed by atoms with Crippen LogP contribution in [0.5, 0.6) is 5.75 Å². The van der Waals surface area contributed by atoms with Crippen LogP contribution in [0, 0.1) is 0 Å².